The zero-order valence-electron chi connectivity index (χ0n) is 16.9. The zero-order chi connectivity index (χ0) is 23.8. The molecule has 168 valence electrons. The molecule has 3 aromatic carbocycles. The first-order chi connectivity index (χ1) is 15.6. The fraction of sp³-hybridized carbons (Fsp3) is 0.0833. The molecule has 0 aliphatic heterocycles. The van der Waals surface area contributed by atoms with Crippen LogP contribution in [0.15, 0.2) is 75.9 Å². The lowest BCUT2D eigenvalue weighted by atomic mass is 10.2. The van der Waals surface area contributed by atoms with Crippen LogP contribution in [0.1, 0.15) is 21.7 Å². The lowest BCUT2D eigenvalue weighted by molar-refractivity contribution is -0.154. The van der Waals surface area contributed by atoms with Crippen molar-refractivity contribution >= 4 is 16.9 Å². The summed E-state index contributed by atoms with van der Waals surface area (Å²) in [4.78, 5) is 25.0. The van der Waals surface area contributed by atoms with Gasteiger partial charge < -0.3 is 13.9 Å². The van der Waals surface area contributed by atoms with Crippen molar-refractivity contribution in [1.29, 1.82) is 0 Å². The smallest absolute Gasteiger partial charge is 0.449 e. The van der Waals surface area contributed by atoms with Crippen molar-refractivity contribution < 1.29 is 36.2 Å². The van der Waals surface area contributed by atoms with Crippen LogP contribution in [0.2, 0.25) is 0 Å². The Kier molecular flexibility index (Phi) is 5.63. The molecule has 0 saturated heterocycles. The molecule has 1 aromatic heterocycles. The third-order valence-electron chi connectivity index (χ3n) is 4.58. The highest BCUT2D eigenvalue weighted by molar-refractivity contribution is 5.91. The maximum atomic E-state index is 13.7. The highest BCUT2D eigenvalue weighted by Gasteiger charge is 2.40. The molecule has 1 heterocycles. The van der Waals surface area contributed by atoms with Gasteiger partial charge in [-0.2, -0.15) is 13.2 Å². The maximum Gasteiger partial charge on any atom is 0.453 e. The Morgan fingerprint density at radius 2 is 1.67 bits per heavy atom. The number of halogens is 4. The number of hydrogen-bond donors (Lipinski definition) is 0. The van der Waals surface area contributed by atoms with Crippen LogP contribution in [0, 0.1) is 12.7 Å². The van der Waals surface area contributed by atoms with E-state index in [0.717, 1.165) is 29.8 Å². The molecule has 0 fully saturated rings. The van der Waals surface area contributed by atoms with Gasteiger partial charge in [-0.3, -0.25) is 4.79 Å². The number of aryl methyl sites for hydroxylation is 1. The van der Waals surface area contributed by atoms with Gasteiger partial charge in [0.1, 0.15) is 22.9 Å². The molecular formula is C24H14F4O5. The standard InChI is InChI=1S/C24H14F4O5/c1-13-3-2-4-16(11-13)31-21-20(29)18-10-9-17(12-19(18)33-22(21)24(26,27)28)32-23(30)14-5-7-15(25)8-6-14/h2-12H,1H3. The van der Waals surface area contributed by atoms with E-state index in [1.807, 2.05) is 0 Å². The molecule has 4 rings (SSSR count). The minimum atomic E-state index is -5.03. The SMILES string of the molecule is Cc1cccc(Oc2c(C(F)(F)F)oc3cc(OC(=O)c4ccc(F)cc4)ccc3c2=O)c1. The number of alkyl halides is 3. The van der Waals surface area contributed by atoms with Crippen LogP contribution in [0.3, 0.4) is 0 Å². The van der Waals surface area contributed by atoms with Crippen molar-refractivity contribution in [3.63, 3.8) is 0 Å². The number of benzene rings is 3. The molecule has 0 aliphatic carbocycles. The second-order valence-electron chi connectivity index (χ2n) is 7.06. The van der Waals surface area contributed by atoms with Crippen LogP contribution in [-0.2, 0) is 6.18 Å². The molecule has 0 radical (unpaired) electrons. The summed E-state index contributed by atoms with van der Waals surface area (Å²) in [6.07, 6.45) is -5.03. The molecule has 0 unspecified atom stereocenters. The summed E-state index contributed by atoms with van der Waals surface area (Å²) in [6, 6.07) is 14.0. The summed E-state index contributed by atoms with van der Waals surface area (Å²) < 4.78 is 69.4. The third kappa shape index (κ3) is 4.72. The molecule has 9 heteroatoms. The molecule has 0 spiro atoms. The summed E-state index contributed by atoms with van der Waals surface area (Å²) in [7, 11) is 0. The van der Waals surface area contributed by atoms with Gasteiger partial charge in [-0.1, -0.05) is 12.1 Å². The molecule has 0 bridgehead atoms. The van der Waals surface area contributed by atoms with Gasteiger partial charge in [0.2, 0.25) is 11.2 Å². The Morgan fingerprint density at radius 3 is 2.33 bits per heavy atom. The highest BCUT2D eigenvalue weighted by Crippen LogP contribution is 2.38. The summed E-state index contributed by atoms with van der Waals surface area (Å²) in [5, 5.41) is -0.202. The van der Waals surface area contributed by atoms with Gasteiger partial charge in [-0.15, -0.1) is 0 Å². The quantitative estimate of drug-likeness (QED) is 0.205. The van der Waals surface area contributed by atoms with E-state index in [0.29, 0.717) is 0 Å². The zero-order valence-corrected chi connectivity index (χ0v) is 16.9. The summed E-state index contributed by atoms with van der Waals surface area (Å²) in [5.74, 6) is -4.17. The minimum absolute atomic E-state index is 0.0239. The number of esters is 1. The second-order valence-corrected chi connectivity index (χ2v) is 7.06. The number of rotatable bonds is 4. The van der Waals surface area contributed by atoms with Crippen LogP contribution in [-0.4, -0.2) is 5.97 Å². The Morgan fingerprint density at radius 1 is 0.939 bits per heavy atom. The van der Waals surface area contributed by atoms with Crippen LogP contribution in [0.25, 0.3) is 11.0 Å². The van der Waals surface area contributed by atoms with E-state index in [-0.39, 0.29) is 22.4 Å². The van der Waals surface area contributed by atoms with Crippen molar-refractivity contribution in [3.8, 4) is 17.2 Å². The first-order valence-corrected chi connectivity index (χ1v) is 9.52. The van der Waals surface area contributed by atoms with Crippen LogP contribution in [0.4, 0.5) is 17.6 Å². The van der Waals surface area contributed by atoms with Gasteiger partial charge in [-0.05, 0) is 61.0 Å². The number of carbonyl (C=O) groups excluding carboxylic acids is 1. The van der Waals surface area contributed by atoms with Gasteiger partial charge in [0.15, 0.2) is 0 Å². The molecular weight excluding hydrogens is 444 g/mol. The molecule has 0 N–H and O–H groups in total. The Bertz CT molecular complexity index is 1410. The monoisotopic (exact) mass is 458 g/mol. The number of carbonyl (C=O) groups is 1. The topological polar surface area (TPSA) is 65.7 Å². The van der Waals surface area contributed by atoms with E-state index >= 15 is 0 Å². The average molecular weight is 458 g/mol. The van der Waals surface area contributed by atoms with Crippen LogP contribution in [0.5, 0.6) is 17.2 Å². The van der Waals surface area contributed by atoms with Crippen molar-refractivity contribution in [2.75, 3.05) is 0 Å². The summed E-state index contributed by atoms with van der Waals surface area (Å²) >= 11 is 0. The third-order valence-corrected chi connectivity index (χ3v) is 4.58. The van der Waals surface area contributed by atoms with Crippen molar-refractivity contribution in [3.05, 3.63) is 99.7 Å². The fourth-order valence-corrected chi connectivity index (χ4v) is 3.05. The van der Waals surface area contributed by atoms with Crippen LogP contribution >= 0.6 is 0 Å². The predicted molar refractivity (Wildman–Crippen MR) is 110 cm³/mol. The van der Waals surface area contributed by atoms with Crippen molar-refractivity contribution in [2.45, 2.75) is 13.1 Å². The van der Waals surface area contributed by atoms with E-state index in [1.54, 1.807) is 19.1 Å². The Hall–Kier alpha value is -4.14. The normalized spacial score (nSPS) is 11.4. The van der Waals surface area contributed by atoms with Gasteiger partial charge in [0, 0.05) is 6.07 Å². The van der Waals surface area contributed by atoms with E-state index in [4.69, 9.17) is 13.9 Å². The molecule has 4 aromatic rings. The number of hydrogen-bond acceptors (Lipinski definition) is 5. The first-order valence-electron chi connectivity index (χ1n) is 9.52. The first kappa shape index (κ1) is 22.1. The van der Waals surface area contributed by atoms with E-state index < -0.39 is 40.5 Å². The lowest BCUT2D eigenvalue weighted by Crippen LogP contribution is -2.15. The average Bonchev–Trinajstić information content (AvgIpc) is 2.75. The summed E-state index contributed by atoms with van der Waals surface area (Å²) in [6.45, 7) is 1.72. The van der Waals surface area contributed by atoms with Gasteiger partial charge in [0.25, 0.3) is 5.76 Å². The van der Waals surface area contributed by atoms with Crippen LogP contribution < -0.4 is 14.9 Å². The molecule has 0 aliphatic rings. The summed E-state index contributed by atoms with van der Waals surface area (Å²) in [5.41, 5.74) is -0.746. The lowest BCUT2D eigenvalue weighted by Gasteiger charge is -2.14. The molecule has 0 atom stereocenters. The van der Waals surface area contributed by atoms with Gasteiger partial charge >= 0.3 is 12.1 Å². The largest absolute Gasteiger partial charge is 0.453 e. The van der Waals surface area contributed by atoms with E-state index in [1.165, 1.54) is 30.3 Å². The Labute approximate surface area is 183 Å². The molecule has 0 saturated carbocycles. The van der Waals surface area contributed by atoms with E-state index in [9.17, 15) is 27.2 Å². The second kappa shape index (κ2) is 8.42. The maximum absolute atomic E-state index is 13.7. The van der Waals surface area contributed by atoms with Crippen molar-refractivity contribution in [2.24, 2.45) is 0 Å². The number of ether oxygens (including phenoxy) is 2. The highest BCUT2D eigenvalue weighted by atomic mass is 19.4. The predicted octanol–water partition coefficient (Wildman–Crippen LogP) is 6.27. The van der Waals surface area contributed by atoms with E-state index in [2.05, 4.69) is 0 Å². The minimum Gasteiger partial charge on any atom is -0.449 e. The molecule has 5 nitrogen and oxygen atoms in total. The molecule has 33 heavy (non-hydrogen) atoms. The van der Waals surface area contributed by atoms with Gasteiger partial charge in [-0.25, -0.2) is 9.18 Å². The fourth-order valence-electron chi connectivity index (χ4n) is 3.05. The van der Waals surface area contributed by atoms with Gasteiger partial charge in [0.05, 0.1) is 10.9 Å². The molecule has 0 amide bonds. The van der Waals surface area contributed by atoms with Crippen molar-refractivity contribution in [1.82, 2.24) is 0 Å². The Balaban J connectivity index is 1.75. The number of fused-ring (bicyclic) bond motifs is 1.